The largest absolute Gasteiger partial charge is 0.464 e. The number of amides is 1. The van der Waals surface area contributed by atoms with Crippen molar-refractivity contribution in [2.24, 2.45) is 7.05 Å². The number of imidazole rings is 1. The molecule has 0 spiro atoms. The van der Waals surface area contributed by atoms with Crippen molar-refractivity contribution in [3.05, 3.63) is 24.0 Å². The van der Waals surface area contributed by atoms with Crippen molar-refractivity contribution in [1.29, 1.82) is 0 Å². The SMILES string of the molecule is CCOC(=O)[C@H](CCc1nc2cc(N(CCCl)CCCl)ccc2n1C)NC(=O)OC(C)(C)C. The van der Waals surface area contributed by atoms with Gasteiger partial charge in [-0.15, -0.1) is 23.2 Å². The molecular weight excluding hydrogens is 467 g/mol. The number of carbonyl (C=O) groups excluding carboxylic acids is 2. The number of fused-ring (bicyclic) bond motifs is 1. The molecule has 1 aromatic heterocycles. The molecule has 33 heavy (non-hydrogen) atoms. The Hall–Kier alpha value is -2.19. The van der Waals surface area contributed by atoms with Crippen molar-refractivity contribution in [2.75, 3.05) is 36.4 Å². The van der Waals surface area contributed by atoms with Gasteiger partial charge in [-0.05, 0) is 52.3 Å². The summed E-state index contributed by atoms with van der Waals surface area (Å²) in [4.78, 5) is 31.5. The first-order valence-electron chi connectivity index (χ1n) is 11.1. The number of alkyl halides is 2. The zero-order valence-corrected chi connectivity index (χ0v) is 21.5. The molecule has 0 fully saturated rings. The lowest BCUT2D eigenvalue weighted by Crippen LogP contribution is -2.44. The highest BCUT2D eigenvalue weighted by molar-refractivity contribution is 6.18. The molecule has 0 bridgehead atoms. The van der Waals surface area contributed by atoms with Gasteiger partial charge in [0, 0.05) is 44.0 Å². The third kappa shape index (κ3) is 7.96. The molecule has 2 rings (SSSR count). The molecule has 0 saturated heterocycles. The average Bonchev–Trinajstić information content (AvgIpc) is 3.04. The predicted molar refractivity (Wildman–Crippen MR) is 132 cm³/mol. The van der Waals surface area contributed by atoms with Crippen LogP contribution in [0.3, 0.4) is 0 Å². The highest BCUT2D eigenvalue weighted by atomic mass is 35.5. The summed E-state index contributed by atoms with van der Waals surface area (Å²) in [6, 6.07) is 5.22. The van der Waals surface area contributed by atoms with Gasteiger partial charge >= 0.3 is 12.1 Å². The molecule has 1 aromatic carbocycles. The topological polar surface area (TPSA) is 85.7 Å². The van der Waals surface area contributed by atoms with E-state index in [1.807, 2.05) is 29.8 Å². The van der Waals surface area contributed by atoms with Crippen LogP contribution in [0.1, 0.15) is 39.9 Å². The Balaban J connectivity index is 2.19. The van der Waals surface area contributed by atoms with Crippen molar-refractivity contribution in [3.63, 3.8) is 0 Å². The standard InChI is InChI=1S/C23H34Cl2N4O4/c1-6-32-21(30)17(27-22(31)33-23(2,3)4)8-10-20-26-18-15-16(7-9-19(18)28(20)5)29(13-11-24)14-12-25/h7,9,15,17H,6,8,10-14H2,1-5H3,(H,27,31)/t17-/m0/s1. The number of alkyl carbamates (subject to hydrolysis) is 1. The second-order valence-electron chi connectivity index (χ2n) is 8.61. The zero-order chi connectivity index (χ0) is 24.6. The Morgan fingerprint density at radius 1 is 1.21 bits per heavy atom. The van der Waals surface area contributed by atoms with E-state index in [4.69, 9.17) is 37.7 Å². The lowest BCUT2D eigenvalue weighted by atomic mass is 10.1. The molecule has 8 nitrogen and oxygen atoms in total. The summed E-state index contributed by atoms with van der Waals surface area (Å²) in [6.07, 6.45) is 0.133. The Kier molecular flexibility index (Phi) is 10.1. The Morgan fingerprint density at radius 2 is 1.88 bits per heavy atom. The number of hydrogen-bond donors (Lipinski definition) is 1. The van der Waals surface area contributed by atoms with Crippen LogP contribution in [0.2, 0.25) is 0 Å². The van der Waals surface area contributed by atoms with E-state index in [0.29, 0.717) is 37.7 Å². The molecular formula is C23H34Cl2N4O4. The second kappa shape index (κ2) is 12.3. The van der Waals surface area contributed by atoms with E-state index in [1.165, 1.54) is 0 Å². The zero-order valence-electron chi connectivity index (χ0n) is 20.0. The van der Waals surface area contributed by atoms with Crippen LogP contribution in [-0.2, 0) is 27.7 Å². The molecule has 10 heteroatoms. The van der Waals surface area contributed by atoms with Gasteiger partial charge in [-0.2, -0.15) is 0 Å². The second-order valence-corrected chi connectivity index (χ2v) is 9.37. The highest BCUT2D eigenvalue weighted by Crippen LogP contribution is 2.23. The Morgan fingerprint density at radius 3 is 2.45 bits per heavy atom. The number of aromatic nitrogens is 2. The van der Waals surface area contributed by atoms with Crippen LogP contribution >= 0.6 is 23.2 Å². The summed E-state index contributed by atoms with van der Waals surface area (Å²) in [7, 11) is 1.93. The van der Waals surface area contributed by atoms with Crippen molar-refractivity contribution in [3.8, 4) is 0 Å². The van der Waals surface area contributed by atoms with Crippen molar-refractivity contribution in [1.82, 2.24) is 14.9 Å². The number of aryl methyl sites for hydroxylation is 2. The van der Waals surface area contributed by atoms with E-state index < -0.39 is 23.7 Å². The molecule has 0 aliphatic carbocycles. The fraction of sp³-hybridized carbons (Fsp3) is 0.609. The number of rotatable bonds is 11. The Bertz CT molecular complexity index is 936. The number of esters is 1. The van der Waals surface area contributed by atoms with Crippen LogP contribution in [0.15, 0.2) is 18.2 Å². The summed E-state index contributed by atoms with van der Waals surface area (Å²) in [6.45, 7) is 8.63. The van der Waals surface area contributed by atoms with Gasteiger partial charge in [0.25, 0.3) is 0 Å². The van der Waals surface area contributed by atoms with Crippen molar-refractivity contribution in [2.45, 2.75) is 52.2 Å². The number of nitrogens with zero attached hydrogens (tertiary/aromatic N) is 3. The number of anilines is 1. The average molecular weight is 501 g/mol. The van der Waals surface area contributed by atoms with Gasteiger partial charge in [-0.25, -0.2) is 14.6 Å². The van der Waals surface area contributed by atoms with E-state index in [9.17, 15) is 9.59 Å². The van der Waals surface area contributed by atoms with Crippen LogP contribution < -0.4 is 10.2 Å². The molecule has 1 N–H and O–H groups in total. The Labute approximate surface area is 205 Å². The summed E-state index contributed by atoms with van der Waals surface area (Å²) in [5.74, 6) is 1.30. The quantitative estimate of drug-likeness (QED) is 0.366. The maximum atomic E-state index is 12.4. The number of nitrogens with one attached hydrogen (secondary N) is 1. The molecule has 2 aromatic rings. The third-order valence-corrected chi connectivity index (χ3v) is 5.29. The van der Waals surface area contributed by atoms with Crippen LogP contribution in [-0.4, -0.2) is 64.7 Å². The third-order valence-electron chi connectivity index (χ3n) is 4.95. The molecule has 1 heterocycles. The first kappa shape index (κ1) is 27.1. The summed E-state index contributed by atoms with van der Waals surface area (Å²) in [5.41, 5.74) is 2.15. The first-order valence-corrected chi connectivity index (χ1v) is 12.1. The lowest BCUT2D eigenvalue weighted by molar-refractivity contribution is -0.145. The molecule has 0 aliphatic heterocycles. The number of carbonyl (C=O) groups is 2. The van der Waals surface area contributed by atoms with E-state index in [0.717, 1.165) is 22.5 Å². The molecule has 1 amide bonds. The molecule has 0 saturated carbocycles. The van der Waals surface area contributed by atoms with Gasteiger partial charge in [0.05, 0.1) is 17.6 Å². The van der Waals surface area contributed by atoms with E-state index in [-0.39, 0.29) is 6.61 Å². The number of halogens is 2. The minimum absolute atomic E-state index is 0.224. The molecule has 184 valence electrons. The number of ether oxygens (including phenoxy) is 2. The fourth-order valence-corrected chi connectivity index (χ4v) is 3.86. The summed E-state index contributed by atoms with van der Waals surface area (Å²) in [5, 5.41) is 2.63. The van der Waals surface area contributed by atoms with E-state index in [1.54, 1.807) is 27.7 Å². The molecule has 0 radical (unpaired) electrons. The summed E-state index contributed by atoms with van der Waals surface area (Å²) >= 11 is 11.9. The van der Waals surface area contributed by atoms with E-state index in [2.05, 4.69) is 10.2 Å². The first-order chi connectivity index (χ1) is 15.6. The number of hydrogen-bond acceptors (Lipinski definition) is 6. The number of benzene rings is 1. The van der Waals surface area contributed by atoms with Crippen LogP contribution in [0.25, 0.3) is 11.0 Å². The van der Waals surface area contributed by atoms with Gasteiger partial charge in [-0.3, -0.25) is 0 Å². The maximum Gasteiger partial charge on any atom is 0.408 e. The molecule has 1 atom stereocenters. The highest BCUT2D eigenvalue weighted by Gasteiger charge is 2.26. The van der Waals surface area contributed by atoms with Gasteiger partial charge in [0.2, 0.25) is 0 Å². The van der Waals surface area contributed by atoms with Crippen LogP contribution in [0, 0.1) is 0 Å². The summed E-state index contributed by atoms with van der Waals surface area (Å²) < 4.78 is 12.4. The smallest absolute Gasteiger partial charge is 0.408 e. The van der Waals surface area contributed by atoms with Crippen molar-refractivity contribution < 1.29 is 19.1 Å². The maximum absolute atomic E-state index is 12.4. The van der Waals surface area contributed by atoms with E-state index >= 15 is 0 Å². The van der Waals surface area contributed by atoms with Crippen LogP contribution in [0.5, 0.6) is 0 Å². The minimum Gasteiger partial charge on any atom is -0.464 e. The molecule has 0 unspecified atom stereocenters. The van der Waals surface area contributed by atoms with Gasteiger partial charge in [-0.1, -0.05) is 0 Å². The molecule has 0 aliphatic rings. The predicted octanol–water partition coefficient (Wildman–Crippen LogP) is 4.25. The monoisotopic (exact) mass is 500 g/mol. The fourth-order valence-electron chi connectivity index (χ4n) is 3.45. The van der Waals surface area contributed by atoms with Gasteiger partial charge in [0.1, 0.15) is 17.5 Å². The van der Waals surface area contributed by atoms with Gasteiger partial charge < -0.3 is 24.3 Å². The van der Waals surface area contributed by atoms with Gasteiger partial charge in [0.15, 0.2) is 0 Å². The normalized spacial score (nSPS) is 12.5. The van der Waals surface area contributed by atoms with Crippen molar-refractivity contribution >= 4 is 52.0 Å². The lowest BCUT2D eigenvalue weighted by Gasteiger charge is -2.22. The van der Waals surface area contributed by atoms with Crippen LogP contribution in [0.4, 0.5) is 10.5 Å². The minimum atomic E-state index is -0.835.